The van der Waals surface area contributed by atoms with Crippen molar-refractivity contribution in [1.82, 2.24) is 15.1 Å². The van der Waals surface area contributed by atoms with E-state index in [9.17, 15) is 0 Å². The van der Waals surface area contributed by atoms with Gasteiger partial charge in [0, 0.05) is 20.8 Å². The summed E-state index contributed by atoms with van der Waals surface area (Å²) in [6.45, 7) is 6.18. The van der Waals surface area contributed by atoms with E-state index >= 15 is 0 Å². The average Bonchev–Trinajstić information content (AvgIpc) is 2.88. The molecule has 0 saturated carbocycles. The Kier molecular flexibility index (Phi) is 6.04. The smallest absolute Gasteiger partial charge is 0.0759 e. The maximum Gasteiger partial charge on any atom is 0.0759 e. The van der Waals surface area contributed by atoms with Crippen molar-refractivity contribution in [3.05, 3.63) is 49.8 Å². The molecule has 2 rings (SSSR count). The Morgan fingerprint density at radius 1 is 1.35 bits per heavy atom. The van der Waals surface area contributed by atoms with Gasteiger partial charge in [0.1, 0.15) is 0 Å². The van der Waals surface area contributed by atoms with Gasteiger partial charge < -0.3 is 5.32 Å². The van der Waals surface area contributed by atoms with E-state index in [4.69, 9.17) is 0 Å². The molecule has 2 aromatic rings. The summed E-state index contributed by atoms with van der Waals surface area (Å²) in [6, 6.07) is 8.72. The fraction of sp³-hybridized carbons (Fsp3) is 0.400. The van der Waals surface area contributed by atoms with Crippen LogP contribution in [0.1, 0.15) is 37.6 Å². The number of rotatable bonds is 6. The quantitative estimate of drug-likeness (QED) is 0.666. The Balaban J connectivity index is 2.44. The molecule has 1 aromatic carbocycles. The summed E-state index contributed by atoms with van der Waals surface area (Å²) in [5, 5.41) is 8.02. The van der Waals surface area contributed by atoms with Crippen molar-refractivity contribution in [3.63, 3.8) is 0 Å². The second-order valence-corrected chi connectivity index (χ2v) is 6.74. The molecule has 0 aliphatic carbocycles. The fourth-order valence-electron chi connectivity index (χ4n) is 2.30. The minimum atomic E-state index is 0.165. The molecule has 20 heavy (non-hydrogen) atoms. The molecule has 0 saturated heterocycles. The fourth-order valence-corrected chi connectivity index (χ4v) is 3.29. The van der Waals surface area contributed by atoms with Gasteiger partial charge in [-0.05, 0) is 65.4 Å². The molecule has 1 heterocycles. The molecule has 1 atom stereocenters. The molecule has 0 aliphatic heterocycles. The molecule has 0 radical (unpaired) electrons. The molecule has 0 fully saturated rings. The summed E-state index contributed by atoms with van der Waals surface area (Å²) in [7, 11) is 0. The van der Waals surface area contributed by atoms with Crippen molar-refractivity contribution in [3.8, 4) is 0 Å². The summed E-state index contributed by atoms with van der Waals surface area (Å²) in [5.74, 6) is 0. The third kappa shape index (κ3) is 3.62. The third-order valence-corrected chi connectivity index (χ3v) is 4.55. The van der Waals surface area contributed by atoms with Gasteiger partial charge in [0.25, 0.3) is 0 Å². The van der Waals surface area contributed by atoms with Crippen LogP contribution >= 0.6 is 38.5 Å². The zero-order valence-electron chi connectivity index (χ0n) is 11.7. The SMILES string of the molecule is CCCn1nccc1C(NCC)c1cc(I)ccc1Br. The third-order valence-electron chi connectivity index (χ3n) is 3.16. The van der Waals surface area contributed by atoms with Crippen molar-refractivity contribution in [2.45, 2.75) is 32.9 Å². The first-order valence-corrected chi connectivity index (χ1v) is 8.74. The summed E-state index contributed by atoms with van der Waals surface area (Å²) in [5.41, 5.74) is 2.48. The van der Waals surface area contributed by atoms with E-state index < -0.39 is 0 Å². The Labute approximate surface area is 142 Å². The summed E-state index contributed by atoms with van der Waals surface area (Å²) < 4.78 is 4.47. The number of hydrogen-bond acceptors (Lipinski definition) is 2. The van der Waals surface area contributed by atoms with Crippen molar-refractivity contribution in [2.75, 3.05) is 6.54 Å². The average molecular weight is 448 g/mol. The van der Waals surface area contributed by atoms with Crippen LogP contribution in [0.25, 0.3) is 0 Å². The normalized spacial score (nSPS) is 12.6. The van der Waals surface area contributed by atoms with Gasteiger partial charge in [-0.2, -0.15) is 5.10 Å². The highest BCUT2D eigenvalue weighted by Crippen LogP contribution is 2.30. The van der Waals surface area contributed by atoms with Gasteiger partial charge in [-0.1, -0.05) is 29.8 Å². The molecule has 5 heteroatoms. The van der Waals surface area contributed by atoms with E-state index in [1.807, 2.05) is 6.20 Å². The Bertz CT molecular complexity index is 568. The molecule has 3 nitrogen and oxygen atoms in total. The Hall–Kier alpha value is -0.400. The molecule has 1 unspecified atom stereocenters. The van der Waals surface area contributed by atoms with Crippen LogP contribution in [-0.4, -0.2) is 16.3 Å². The van der Waals surface area contributed by atoms with Crippen LogP contribution in [0.15, 0.2) is 34.9 Å². The highest BCUT2D eigenvalue weighted by Gasteiger charge is 2.19. The summed E-state index contributed by atoms with van der Waals surface area (Å²) >= 11 is 6.03. The van der Waals surface area contributed by atoms with Crippen LogP contribution in [0.2, 0.25) is 0 Å². The number of aryl methyl sites for hydroxylation is 1. The van der Waals surface area contributed by atoms with Gasteiger partial charge in [-0.3, -0.25) is 4.68 Å². The monoisotopic (exact) mass is 447 g/mol. The van der Waals surface area contributed by atoms with Crippen molar-refractivity contribution < 1.29 is 0 Å². The Morgan fingerprint density at radius 2 is 2.15 bits per heavy atom. The van der Waals surface area contributed by atoms with Gasteiger partial charge in [0.15, 0.2) is 0 Å². The van der Waals surface area contributed by atoms with Crippen molar-refractivity contribution in [2.24, 2.45) is 0 Å². The number of halogens is 2. The molecule has 108 valence electrons. The van der Waals surface area contributed by atoms with Crippen LogP contribution in [-0.2, 0) is 6.54 Å². The zero-order valence-corrected chi connectivity index (χ0v) is 15.5. The maximum absolute atomic E-state index is 4.45. The number of nitrogens with one attached hydrogen (secondary N) is 1. The standard InChI is InChI=1S/C15H19BrIN3/c1-3-9-20-14(7-8-19-20)15(18-4-2)12-10-11(17)5-6-13(12)16/h5-8,10,15,18H,3-4,9H2,1-2H3. The van der Waals surface area contributed by atoms with Crippen LogP contribution in [0, 0.1) is 3.57 Å². The molecule has 0 amide bonds. The number of hydrogen-bond donors (Lipinski definition) is 1. The Morgan fingerprint density at radius 3 is 2.85 bits per heavy atom. The van der Waals surface area contributed by atoms with E-state index in [1.54, 1.807) is 0 Å². The number of nitrogens with zero attached hydrogens (tertiary/aromatic N) is 2. The van der Waals surface area contributed by atoms with Crippen molar-refractivity contribution >= 4 is 38.5 Å². The lowest BCUT2D eigenvalue weighted by Crippen LogP contribution is -2.25. The van der Waals surface area contributed by atoms with Gasteiger partial charge >= 0.3 is 0 Å². The molecule has 1 N–H and O–H groups in total. The lowest BCUT2D eigenvalue weighted by Gasteiger charge is -2.21. The first-order chi connectivity index (χ1) is 9.67. The molecule has 0 aliphatic rings. The van der Waals surface area contributed by atoms with Crippen molar-refractivity contribution in [1.29, 1.82) is 0 Å². The molecular formula is C15H19BrIN3. The molecular weight excluding hydrogens is 429 g/mol. The van der Waals surface area contributed by atoms with Crippen LogP contribution in [0.3, 0.4) is 0 Å². The van der Waals surface area contributed by atoms with Crippen LogP contribution < -0.4 is 5.32 Å². The maximum atomic E-state index is 4.45. The zero-order chi connectivity index (χ0) is 14.5. The second kappa shape index (κ2) is 7.56. The predicted octanol–water partition coefficient (Wildman–Crippen LogP) is 4.36. The predicted molar refractivity (Wildman–Crippen MR) is 94.9 cm³/mol. The lowest BCUT2D eigenvalue weighted by molar-refractivity contribution is 0.519. The minimum Gasteiger partial charge on any atom is -0.305 e. The summed E-state index contributed by atoms with van der Waals surface area (Å²) in [6.07, 6.45) is 2.97. The largest absolute Gasteiger partial charge is 0.305 e. The topological polar surface area (TPSA) is 29.9 Å². The molecule has 0 bridgehead atoms. The molecule has 1 aromatic heterocycles. The van der Waals surface area contributed by atoms with E-state index in [2.05, 4.69) is 91.7 Å². The second-order valence-electron chi connectivity index (χ2n) is 4.64. The van der Waals surface area contributed by atoms with Crippen LogP contribution in [0.5, 0.6) is 0 Å². The van der Waals surface area contributed by atoms with Gasteiger partial charge in [0.05, 0.1) is 11.7 Å². The van der Waals surface area contributed by atoms with Crippen LogP contribution in [0.4, 0.5) is 0 Å². The van der Waals surface area contributed by atoms with Gasteiger partial charge in [0.2, 0.25) is 0 Å². The minimum absolute atomic E-state index is 0.165. The lowest BCUT2D eigenvalue weighted by atomic mass is 10.0. The highest BCUT2D eigenvalue weighted by atomic mass is 127. The highest BCUT2D eigenvalue weighted by molar-refractivity contribution is 14.1. The van der Waals surface area contributed by atoms with E-state index in [-0.39, 0.29) is 6.04 Å². The van der Waals surface area contributed by atoms with Gasteiger partial charge in [-0.25, -0.2) is 0 Å². The number of benzene rings is 1. The molecule has 0 spiro atoms. The van der Waals surface area contributed by atoms with E-state index in [0.29, 0.717) is 0 Å². The first-order valence-electron chi connectivity index (χ1n) is 6.87. The van der Waals surface area contributed by atoms with E-state index in [1.165, 1.54) is 14.8 Å². The summed E-state index contributed by atoms with van der Waals surface area (Å²) in [4.78, 5) is 0. The first kappa shape index (κ1) is 16.0. The van der Waals surface area contributed by atoms with E-state index in [0.717, 1.165) is 24.0 Å². The van der Waals surface area contributed by atoms with Gasteiger partial charge in [-0.15, -0.1) is 0 Å². The number of aromatic nitrogens is 2.